The molecule has 7 heteroatoms. The van der Waals surface area contributed by atoms with Gasteiger partial charge in [0.05, 0.1) is 6.10 Å². The van der Waals surface area contributed by atoms with E-state index in [2.05, 4.69) is 10.6 Å². The van der Waals surface area contributed by atoms with Crippen LogP contribution in [0.5, 0.6) is 0 Å². The third-order valence-corrected chi connectivity index (χ3v) is 4.30. The van der Waals surface area contributed by atoms with Crippen molar-refractivity contribution in [2.45, 2.75) is 51.8 Å². The van der Waals surface area contributed by atoms with Gasteiger partial charge in [0.25, 0.3) is 5.91 Å². The van der Waals surface area contributed by atoms with Gasteiger partial charge in [-0.15, -0.1) is 0 Å². The zero-order valence-corrected chi connectivity index (χ0v) is 12.2. The summed E-state index contributed by atoms with van der Waals surface area (Å²) in [6.07, 6.45) is 0.0492. The first-order chi connectivity index (χ1) is 9.05. The van der Waals surface area contributed by atoms with E-state index in [1.54, 1.807) is 13.8 Å². The first-order valence-electron chi connectivity index (χ1n) is 6.67. The Morgan fingerprint density at radius 2 is 2.00 bits per heavy atom. The predicted molar refractivity (Wildman–Crippen MR) is 70.7 cm³/mol. The largest absolute Gasteiger partial charge is 0.392 e. The summed E-state index contributed by atoms with van der Waals surface area (Å²) < 4.78 is 0. The molecule has 0 aromatic heterocycles. The minimum atomic E-state index is -0.969. The normalized spacial score (nSPS) is 30.8. The molecule has 2 aliphatic rings. The van der Waals surface area contributed by atoms with Crippen LogP contribution < -0.4 is 10.6 Å². The zero-order valence-electron chi connectivity index (χ0n) is 12.2. The summed E-state index contributed by atoms with van der Waals surface area (Å²) in [6.45, 7) is 6.62. The number of urea groups is 1. The van der Waals surface area contributed by atoms with E-state index in [1.807, 2.05) is 13.8 Å². The molecular weight excluding hydrogens is 262 g/mol. The van der Waals surface area contributed by atoms with Gasteiger partial charge in [-0.1, -0.05) is 13.8 Å². The van der Waals surface area contributed by atoms with Crippen LogP contribution in [0.25, 0.3) is 0 Å². The fraction of sp³-hybridized carbons (Fsp3) is 0.769. The molecule has 3 N–H and O–H groups in total. The molecule has 7 nitrogen and oxygen atoms in total. The number of aliphatic hydroxyl groups excluding tert-OH is 1. The van der Waals surface area contributed by atoms with Gasteiger partial charge in [0, 0.05) is 11.5 Å². The zero-order chi connectivity index (χ0) is 15.3. The minimum absolute atomic E-state index is 0.140. The molecule has 1 aliphatic heterocycles. The van der Waals surface area contributed by atoms with E-state index in [1.165, 1.54) is 0 Å². The fourth-order valence-electron chi connectivity index (χ4n) is 2.49. The lowest BCUT2D eigenvalue weighted by atomic mass is 9.64. The topological polar surface area (TPSA) is 98.7 Å². The lowest BCUT2D eigenvalue weighted by Gasteiger charge is -2.49. The molecule has 0 bridgehead atoms. The highest BCUT2D eigenvalue weighted by atomic mass is 16.3. The molecule has 2 fully saturated rings. The Morgan fingerprint density at radius 3 is 2.40 bits per heavy atom. The van der Waals surface area contributed by atoms with Gasteiger partial charge < -0.3 is 15.7 Å². The van der Waals surface area contributed by atoms with Gasteiger partial charge >= 0.3 is 6.03 Å². The number of amides is 4. The molecule has 2 atom stereocenters. The summed E-state index contributed by atoms with van der Waals surface area (Å²) in [7, 11) is 0. The van der Waals surface area contributed by atoms with Crippen LogP contribution in [0.15, 0.2) is 0 Å². The Hall–Kier alpha value is -1.63. The highest BCUT2D eigenvalue weighted by Gasteiger charge is 2.49. The average Bonchev–Trinajstić information content (AvgIpc) is 2.51. The summed E-state index contributed by atoms with van der Waals surface area (Å²) >= 11 is 0. The average molecular weight is 283 g/mol. The first-order valence-corrected chi connectivity index (χ1v) is 6.67. The third-order valence-electron chi connectivity index (χ3n) is 4.30. The SMILES string of the molecule is CC1(C)NC(=O)N(CC(=O)NC2CC(O)C2(C)C)C1=O. The van der Waals surface area contributed by atoms with Crippen LogP contribution in [-0.2, 0) is 9.59 Å². The maximum atomic E-state index is 11.9. The predicted octanol–water partition coefficient (Wildman–Crippen LogP) is -0.408. The molecule has 112 valence electrons. The molecule has 0 spiro atoms. The quantitative estimate of drug-likeness (QED) is 0.613. The van der Waals surface area contributed by atoms with E-state index in [-0.39, 0.29) is 18.0 Å². The second-order valence-corrected chi connectivity index (χ2v) is 6.64. The van der Waals surface area contributed by atoms with Crippen molar-refractivity contribution in [2.24, 2.45) is 5.41 Å². The van der Waals surface area contributed by atoms with Crippen molar-refractivity contribution in [1.29, 1.82) is 0 Å². The number of hydrogen-bond donors (Lipinski definition) is 3. The lowest BCUT2D eigenvalue weighted by molar-refractivity contribution is -0.137. The van der Waals surface area contributed by atoms with Gasteiger partial charge in [0.1, 0.15) is 12.1 Å². The third kappa shape index (κ3) is 2.26. The number of carbonyl (C=O) groups is 3. The van der Waals surface area contributed by atoms with E-state index in [4.69, 9.17) is 0 Å². The Bertz CT molecular complexity index is 472. The van der Waals surface area contributed by atoms with Gasteiger partial charge in [0.15, 0.2) is 0 Å². The molecule has 1 heterocycles. The fourth-order valence-corrected chi connectivity index (χ4v) is 2.49. The van der Waals surface area contributed by atoms with Crippen LogP contribution in [0.4, 0.5) is 4.79 Å². The van der Waals surface area contributed by atoms with Crippen molar-refractivity contribution >= 4 is 17.8 Å². The summed E-state index contributed by atoms with van der Waals surface area (Å²) in [5, 5.41) is 14.9. The standard InChI is InChI=1S/C13H21N3O4/c1-12(2)7(5-8(12)17)14-9(18)6-16-10(19)13(3,4)15-11(16)20/h7-8,17H,5-6H2,1-4H3,(H,14,18)(H,15,20). The van der Waals surface area contributed by atoms with Crippen LogP contribution in [0.1, 0.15) is 34.1 Å². The monoisotopic (exact) mass is 283 g/mol. The molecule has 2 rings (SSSR count). The maximum Gasteiger partial charge on any atom is 0.325 e. The van der Waals surface area contributed by atoms with E-state index in [9.17, 15) is 19.5 Å². The number of nitrogens with one attached hydrogen (secondary N) is 2. The van der Waals surface area contributed by atoms with Gasteiger partial charge in [0.2, 0.25) is 5.91 Å². The molecule has 4 amide bonds. The summed E-state index contributed by atoms with van der Waals surface area (Å²) in [5.74, 6) is -0.804. The summed E-state index contributed by atoms with van der Waals surface area (Å²) in [6, 6.07) is -0.693. The smallest absolute Gasteiger partial charge is 0.325 e. The molecule has 1 saturated carbocycles. The van der Waals surface area contributed by atoms with E-state index in [0.717, 1.165) is 4.90 Å². The van der Waals surface area contributed by atoms with Gasteiger partial charge in [-0.05, 0) is 20.3 Å². The second kappa shape index (κ2) is 4.44. The van der Waals surface area contributed by atoms with Crippen LogP contribution in [0.2, 0.25) is 0 Å². The number of rotatable bonds is 3. The van der Waals surface area contributed by atoms with Crippen molar-refractivity contribution in [1.82, 2.24) is 15.5 Å². The number of imide groups is 1. The molecule has 0 aromatic carbocycles. The Labute approximate surface area is 117 Å². The number of hydrogen-bond acceptors (Lipinski definition) is 4. The van der Waals surface area contributed by atoms with Crippen molar-refractivity contribution in [3.8, 4) is 0 Å². The minimum Gasteiger partial charge on any atom is -0.392 e. The number of nitrogens with zero attached hydrogens (tertiary/aromatic N) is 1. The Morgan fingerprint density at radius 1 is 1.40 bits per heavy atom. The summed E-state index contributed by atoms with van der Waals surface area (Å²) in [5.41, 5.74) is -1.35. The highest BCUT2D eigenvalue weighted by molar-refractivity contribution is 6.08. The lowest BCUT2D eigenvalue weighted by Crippen LogP contribution is -2.62. The van der Waals surface area contributed by atoms with Gasteiger partial charge in [-0.25, -0.2) is 4.79 Å². The van der Waals surface area contributed by atoms with E-state index in [0.29, 0.717) is 6.42 Å². The van der Waals surface area contributed by atoms with Crippen molar-refractivity contribution in [3.63, 3.8) is 0 Å². The molecule has 0 aromatic rings. The van der Waals surface area contributed by atoms with Crippen LogP contribution in [0.3, 0.4) is 0 Å². The van der Waals surface area contributed by atoms with Gasteiger partial charge in [-0.3, -0.25) is 14.5 Å². The van der Waals surface area contributed by atoms with E-state index >= 15 is 0 Å². The van der Waals surface area contributed by atoms with Crippen molar-refractivity contribution < 1.29 is 19.5 Å². The first kappa shape index (κ1) is 14.8. The number of carbonyl (C=O) groups excluding carboxylic acids is 3. The molecule has 1 aliphatic carbocycles. The molecule has 1 saturated heterocycles. The van der Waals surface area contributed by atoms with Crippen LogP contribution >= 0.6 is 0 Å². The number of aliphatic hydroxyl groups is 1. The maximum absolute atomic E-state index is 11.9. The Kier molecular flexibility index (Phi) is 3.28. The second-order valence-electron chi connectivity index (χ2n) is 6.64. The molecule has 20 heavy (non-hydrogen) atoms. The van der Waals surface area contributed by atoms with Crippen molar-refractivity contribution in [2.75, 3.05) is 6.54 Å². The molecule has 2 unspecified atom stereocenters. The van der Waals surface area contributed by atoms with Gasteiger partial charge in [-0.2, -0.15) is 0 Å². The van der Waals surface area contributed by atoms with Crippen LogP contribution in [0, 0.1) is 5.41 Å². The Balaban J connectivity index is 1.93. The highest BCUT2D eigenvalue weighted by Crippen LogP contribution is 2.40. The van der Waals surface area contributed by atoms with E-state index < -0.39 is 29.5 Å². The molecule has 0 radical (unpaired) electrons. The van der Waals surface area contributed by atoms with Crippen molar-refractivity contribution in [3.05, 3.63) is 0 Å². The molecular formula is C13H21N3O4. The van der Waals surface area contributed by atoms with Crippen LogP contribution in [-0.4, -0.2) is 52.1 Å². The summed E-state index contributed by atoms with van der Waals surface area (Å²) in [4.78, 5) is 36.4.